The van der Waals surface area contributed by atoms with E-state index in [-0.39, 0.29) is 17.8 Å². The van der Waals surface area contributed by atoms with Crippen LogP contribution in [0.4, 0.5) is 17.6 Å². The van der Waals surface area contributed by atoms with E-state index in [1.165, 1.54) is 0 Å². The Morgan fingerprint density at radius 2 is 1.61 bits per heavy atom. The van der Waals surface area contributed by atoms with E-state index in [9.17, 15) is 17.6 Å². The van der Waals surface area contributed by atoms with Crippen molar-refractivity contribution in [3.05, 3.63) is 83.3 Å². The van der Waals surface area contributed by atoms with Gasteiger partial charge in [0.2, 0.25) is 0 Å². The van der Waals surface area contributed by atoms with Crippen LogP contribution in [0.25, 0.3) is 11.3 Å². The molecule has 0 aromatic heterocycles. The quantitative estimate of drug-likeness (QED) is 0.783. The van der Waals surface area contributed by atoms with Crippen LogP contribution in [-0.4, -0.2) is 6.17 Å². The van der Waals surface area contributed by atoms with Gasteiger partial charge in [0.1, 0.15) is 23.6 Å². The van der Waals surface area contributed by atoms with Gasteiger partial charge in [-0.3, -0.25) is 0 Å². The van der Waals surface area contributed by atoms with Gasteiger partial charge in [-0.05, 0) is 11.1 Å². The molecular formula is C18H13F4N. The summed E-state index contributed by atoms with van der Waals surface area (Å²) in [5, 5.41) is 2.64. The summed E-state index contributed by atoms with van der Waals surface area (Å²) in [5.74, 6) is -3.12. The van der Waals surface area contributed by atoms with Crippen molar-refractivity contribution in [2.75, 3.05) is 0 Å². The molecule has 118 valence electrons. The van der Waals surface area contributed by atoms with Gasteiger partial charge >= 0.3 is 0 Å². The maximum Gasteiger partial charge on any atom is 0.143 e. The second-order valence-corrected chi connectivity index (χ2v) is 5.29. The van der Waals surface area contributed by atoms with Gasteiger partial charge in [-0.25, -0.2) is 17.6 Å². The minimum Gasteiger partial charge on any atom is -0.356 e. The lowest BCUT2D eigenvalue weighted by Crippen LogP contribution is -2.27. The van der Waals surface area contributed by atoms with Crippen molar-refractivity contribution in [2.45, 2.75) is 12.6 Å². The van der Waals surface area contributed by atoms with Crippen LogP contribution < -0.4 is 5.32 Å². The van der Waals surface area contributed by atoms with Gasteiger partial charge in [0.05, 0.1) is 11.3 Å². The van der Waals surface area contributed by atoms with E-state index in [1.807, 2.05) is 0 Å². The summed E-state index contributed by atoms with van der Waals surface area (Å²) in [6.45, 7) is 3.54. The lowest BCUT2D eigenvalue weighted by Gasteiger charge is -2.27. The molecule has 0 fully saturated rings. The lowest BCUT2D eigenvalue weighted by atomic mass is 9.90. The molecule has 23 heavy (non-hydrogen) atoms. The molecule has 0 bridgehead atoms. The number of halogens is 4. The summed E-state index contributed by atoms with van der Waals surface area (Å²) >= 11 is 0. The molecule has 1 atom stereocenters. The Morgan fingerprint density at radius 3 is 2.22 bits per heavy atom. The number of benzene rings is 2. The minimum atomic E-state index is -1.37. The fraction of sp³-hybridized carbons (Fsp3) is 0.111. The Bertz CT molecular complexity index is 773. The van der Waals surface area contributed by atoms with Gasteiger partial charge in [-0.15, -0.1) is 0 Å². The van der Waals surface area contributed by atoms with Gasteiger partial charge < -0.3 is 5.32 Å². The second kappa shape index (κ2) is 5.91. The second-order valence-electron chi connectivity index (χ2n) is 5.29. The summed E-state index contributed by atoms with van der Waals surface area (Å²) in [5.41, 5.74) is 0.717. The van der Waals surface area contributed by atoms with Gasteiger partial charge in [0.15, 0.2) is 0 Å². The summed E-state index contributed by atoms with van der Waals surface area (Å²) in [6.07, 6.45) is -1.44. The fourth-order valence-electron chi connectivity index (χ4n) is 2.61. The SMILES string of the molecule is C=C1NC(c2c(F)cc(F)cc2F)=C(c2ccccc2)CC1F. The molecule has 1 unspecified atom stereocenters. The number of rotatable bonds is 2. The van der Waals surface area contributed by atoms with Crippen molar-refractivity contribution >= 4 is 11.3 Å². The smallest absolute Gasteiger partial charge is 0.143 e. The maximum atomic E-state index is 14.1. The zero-order valence-electron chi connectivity index (χ0n) is 12.0. The van der Waals surface area contributed by atoms with E-state index < -0.39 is 29.2 Å². The average molecular weight is 319 g/mol. The minimum absolute atomic E-state index is 0.0165. The first-order chi connectivity index (χ1) is 11.0. The highest BCUT2D eigenvalue weighted by Gasteiger charge is 2.28. The number of hydrogen-bond donors (Lipinski definition) is 1. The van der Waals surface area contributed by atoms with Crippen LogP contribution in [0.3, 0.4) is 0 Å². The average Bonchev–Trinajstić information content (AvgIpc) is 2.50. The number of allylic oxidation sites excluding steroid dienone is 2. The monoisotopic (exact) mass is 319 g/mol. The van der Waals surface area contributed by atoms with Crippen molar-refractivity contribution in [1.82, 2.24) is 5.32 Å². The molecule has 3 rings (SSSR count). The third-order valence-corrected chi connectivity index (χ3v) is 3.73. The summed E-state index contributed by atoms with van der Waals surface area (Å²) in [4.78, 5) is 0. The normalized spacial score (nSPS) is 18.1. The molecule has 1 heterocycles. The Labute approximate surface area is 131 Å². The van der Waals surface area contributed by atoms with Crippen molar-refractivity contribution in [2.24, 2.45) is 0 Å². The Hall–Kier alpha value is -2.56. The summed E-state index contributed by atoms with van der Waals surface area (Å²) in [7, 11) is 0. The third-order valence-electron chi connectivity index (χ3n) is 3.73. The highest BCUT2D eigenvalue weighted by Crippen LogP contribution is 2.37. The van der Waals surface area contributed by atoms with E-state index in [0.29, 0.717) is 23.3 Å². The Kier molecular flexibility index (Phi) is 3.94. The van der Waals surface area contributed by atoms with Crippen LogP contribution in [0.5, 0.6) is 0 Å². The molecule has 0 saturated carbocycles. The highest BCUT2D eigenvalue weighted by molar-refractivity contribution is 5.92. The standard InChI is InChI=1S/C18H13F4N/c1-10-14(20)9-13(11-5-3-2-4-6-11)18(23-10)17-15(21)7-12(19)8-16(17)22/h2-8,14,23H,1,9H2. The Morgan fingerprint density at radius 1 is 1.00 bits per heavy atom. The highest BCUT2D eigenvalue weighted by atomic mass is 19.1. The number of hydrogen-bond acceptors (Lipinski definition) is 1. The summed E-state index contributed by atoms with van der Waals surface area (Å²) in [6, 6.07) is 9.90. The molecular weight excluding hydrogens is 306 g/mol. The molecule has 1 aliphatic heterocycles. The molecule has 2 aromatic carbocycles. The molecule has 0 saturated heterocycles. The van der Waals surface area contributed by atoms with Crippen LogP contribution in [0, 0.1) is 17.5 Å². The number of nitrogens with one attached hydrogen (secondary N) is 1. The van der Waals surface area contributed by atoms with Crippen LogP contribution in [0.1, 0.15) is 17.5 Å². The third kappa shape index (κ3) is 2.86. The predicted octanol–water partition coefficient (Wildman–Crippen LogP) is 4.82. The van der Waals surface area contributed by atoms with E-state index in [2.05, 4.69) is 11.9 Å². The van der Waals surface area contributed by atoms with Gasteiger partial charge in [-0.1, -0.05) is 36.9 Å². The van der Waals surface area contributed by atoms with Crippen molar-refractivity contribution in [3.8, 4) is 0 Å². The van der Waals surface area contributed by atoms with Crippen LogP contribution in [0.2, 0.25) is 0 Å². The Balaban J connectivity index is 2.25. The van der Waals surface area contributed by atoms with Gasteiger partial charge in [0.25, 0.3) is 0 Å². The lowest BCUT2D eigenvalue weighted by molar-refractivity contribution is 0.374. The summed E-state index contributed by atoms with van der Waals surface area (Å²) < 4.78 is 55.4. The molecule has 0 spiro atoms. The van der Waals surface area contributed by atoms with Gasteiger partial charge in [0, 0.05) is 24.3 Å². The zero-order valence-corrected chi connectivity index (χ0v) is 12.0. The van der Waals surface area contributed by atoms with Gasteiger partial charge in [-0.2, -0.15) is 0 Å². The van der Waals surface area contributed by atoms with E-state index >= 15 is 0 Å². The first-order valence-corrected chi connectivity index (χ1v) is 7.00. The molecule has 1 aliphatic rings. The zero-order chi connectivity index (χ0) is 16.6. The van der Waals surface area contributed by atoms with Crippen molar-refractivity contribution < 1.29 is 17.6 Å². The largest absolute Gasteiger partial charge is 0.356 e. The molecule has 0 radical (unpaired) electrons. The maximum absolute atomic E-state index is 14.1. The first kappa shape index (κ1) is 15.3. The molecule has 2 aromatic rings. The van der Waals surface area contributed by atoms with Crippen molar-refractivity contribution in [1.29, 1.82) is 0 Å². The van der Waals surface area contributed by atoms with Crippen LogP contribution >= 0.6 is 0 Å². The topological polar surface area (TPSA) is 12.0 Å². The van der Waals surface area contributed by atoms with E-state index in [0.717, 1.165) is 0 Å². The molecule has 5 heteroatoms. The molecule has 1 N–H and O–H groups in total. The van der Waals surface area contributed by atoms with Crippen molar-refractivity contribution in [3.63, 3.8) is 0 Å². The van der Waals surface area contributed by atoms with E-state index in [1.54, 1.807) is 30.3 Å². The van der Waals surface area contributed by atoms with Crippen LogP contribution in [-0.2, 0) is 0 Å². The predicted molar refractivity (Wildman–Crippen MR) is 81.4 cm³/mol. The van der Waals surface area contributed by atoms with E-state index in [4.69, 9.17) is 0 Å². The number of alkyl halides is 1. The first-order valence-electron chi connectivity index (χ1n) is 7.00. The van der Waals surface area contributed by atoms with Crippen LogP contribution in [0.15, 0.2) is 54.7 Å². The molecule has 0 amide bonds. The fourth-order valence-corrected chi connectivity index (χ4v) is 2.61. The molecule has 0 aliphatic carbocycles. The molecule has 1 nitrogen and oxygen atoms in total.